The molecule has 1 radical (unpaired) electrons. The molecule has 0 aliphatic rings. The molecule has 0 saturated carbocycles. The maximum Gasteiger partial charge on any atom is 0.136 e. The Morgan fingerprint density at radius 3 is 1.55 bits per heavy atom. The van der Waals surface area contributed by atoms with Crippen molar-refractivity contribution in [3.63, 3.8) is 0 Å². The van der Waals surface area contributed by atoms with Gasteiger partial charge in [0.15, 0.2) is 0 Å². The van der Waals surface area contributed by atoms with E-state index < -0.39 is 0 Å². The fourth-order valence-corrected chi connectivity index (χ4v) is 0.806. The Hall–Kier alpha value is 0.739. The number of rotatable bonds is 2. The minimum absolute atomic E-state index is 0. The molecule has 0 atom stereocenters. The molecule has 63 valence electrons. The molecule has 7 heteroatoms. The van der Waals surface area contributed by atoms with Crippen LogP contribution in [0.15, 0.2) is 12.4 Å². The summed E-state index contributed by atoms with van der Waals surface area (Å²) in [6.45, 7) is 3.54. The molecule has 0 bridgehead atoms. The van der Waals surface area contributed by atoms with Crippen LogP contribution in [0.4, 0.5) is 0 Å². The minimum atomic E-state index is 0. The van der Waals surface area contributed by atoms with Gasteiger partial charge in [-0.25, -0.2) is 0 Å². The van der Waals surface area contributed by atoms with E-state index in [-0.39, 0.29) is 17.1 Å². The van der Waals surface area contributed by atoms with Crippen molar-refractivity contribution in [3.05, 3.63) is 12.4 Å². The van der Waals surface area contributed by atoms with Gasteiger partial charge >= 0.3 is 0 Å². The van der Waals surface area contributed by atoms with Crippen LogP contribution in [0.5, 0.6) is 0 Å². The Labute approximate surface area is 97.9 Å². The molecule has 0 heterocycles. The summed E-state index contributed by atoms with van der Waals surface area (Å²) in [6.07, 6.45) is 0. The van der Waals surface area contributed by atoms with E-state index in [1.165, 1.54) is 0 Å². The summed E-state index contributed by atoms with van der Waals surface area (Å²) in [5.41, 5.74) is 0. The predicted molar refractivity (Wildman–Crippen MR) is 58.6 cm³/mol. The van der Waals surface area contributed by atoms with Crippen LogP contribution in [0.1, 0.15) is 0 Å². The minimum Gasteiger partial charge on any atom is -0.328 e. The Bertz CT molecular complexity index is 163. The predicted octanol–water partition coefficient (Wildman–Crippen LogP) is 1.06. The standard InChI is InChI=1S/C4H6N2S4.Mn/c1-2(5-3(7)8)6-4(9)10;/h1H2,(H2,5,7,8)(H2,6,9,10);. The monoisotopic (exact) mass is 265 g/mol. The average Bonchev–Trinajstić information content (AvgIpc) is 1.58. The van der Waals surface area contributed by atoms with Crippen molar-refractivity contribution in [2.45, 2.75) is 0 Å². The van der Waals surface area contributed by atoms with Gasteiger partial charge in [0.05, 0.1) is 0 Å². The first kappa shape index (κ1) is 14.3. The summed E-state index contributed by atoms with van der Waals surface area (Å²) >= 11 is 16.8. The summed E-state index contributed by atoms with van der Waals surface area (Å²) < 4.78 is 0.671. The second-order valence-corrected chi connectivity index (χ2v) is 3.65. The van der Waals surface area contributed by atoms with E-state index in [0.29, 0.717) is 14.5 Å². The molecule has 0 fully saturated rings. The zero-order chi connectivity index (χ0) is 8.15. The normalized spacial score (nSPS) is 7.45. The van der Waals surface area contributed by atoms with Gasteiger partial charge in [0.25, 0.3) is 0 Å². The molecule has 0 unspecified atom stereocenters. The molecular formula is C4H6MnN2S4. The third kappa shape index (κ3) is 10.7. The van der Waals surface area contributed by atoms with E-state index in [9.17, 15) is 0 Å². The number of nitrogens with one attached hydrogen (secondary N) is 2. The third-order valence-electron chi connectivity index (χ3n) is 0.516. The van der Waals surface area contributed by atoms with Gasteiger partial charge in [0, 0.05) is 17.1 Å². The van der Waals surface area contributed by atoms with E-state index in [4.69, 9.17) is 0 Å². The quantitative estimate of drug-likeness (QED) is 0.341. The second-order valence-electron chi connectivity index (χ2n) is 1.34. The van der Waals surface area contributed by atoms with E-state index in [2.05, 4.69) is 66.9 Å². The summed E-state index contributed by atoms with van der Waals surface area (Å²) in [4.78, 5) is 0. The summed E-state index contributed by atoms with van der Waals surface area (Å²) in [7, 11) is 0. The molecule has 0 aromatic heterocycles. The zero-order valence-corrected chi connectivity index (χ0v) is 9.90. The van der Waals surface area contributed by atoms with Gasteiger partial charge < -0.3 is 10.6 Å². The molecule has 0 spiro atoms. The molecular weight excluding hydrogens is 259 g/mol. The van der Waals surface area contributed by atoms with Gasteiger partial charge in [0.2, 0.25) is 0 Å². The maximum absolute atomic E-state index is 4.61. The first-order chi connectivity index (χ1) is 4.52. The van der Waals surface area contributed by atoms with Crippen LogP contribution in [-0.2, 0) is 17.1 Å². The largest absolute Gasteiger partial charge is 0.328 e. The van der Waals surface area contributed by atoms with E-state index in [1.54, 1.807) is 0 Å². The van der Waals surface area contributed by atoms with E-state index in [0.717, 1.165) is 0 Å². The fraction of sp³-hybridized carbons (Fsp3) is 0. The Kier molecular flexibility index (Phi) is 9.59. The van der Waals surface area contributed by atoms with Crippen LogP contribution in [0, 0.1) is 0 Å². The number of thiol groups is 2. The zero-order valence-electron chi connectivity index (χ0n) is 5.30. The van der Waals surface area contributed by atoms with Gasteiger partial charge in [-0.15, -0.1) is 25.3 Å². The average molecular weight is 265 g/mol. The van der Waals surface area contributed by atoms with Crippen LogP contribution < -0.4 is 10.6 Å². The van der Waals surface area contributed by atoms with Crippen LogP contribution in [-0.4, -0.2) is 8.64 Å². The summed E-state index contributed by atoms with van der Waals surface area (Å²) in [5.74, 6) is 0.472. The van der Waals surface area contributed by atoms with E-state index >= 15 is 0 Å². The van der Waals surface area contributed by atoms with Crippen molar-refractivity contribution in [2.24, 2.45) is 0 Å². The smallest absolute Gasteiger partial charge is 0.136 e. The van der Waals surface area contributed by atoms with Crippen LogP contribution in [0.3, 0.4) is 0 Å². The molecule has 0 aliphatic heterocycles. The topological polar surface area (TPSA) is 24.1 Å². The first-order valence-corrected chi connectivity index (χ1v) is 3.92. The van der Waals surface area contributed by atoms with Crippen molar-refractivity contribution in [1.82, 2.24) is 10.6 Å². The van der Waals surface area contributed by atoms with Crippen molar-refractivity contribution in [2.75, 3.05) is 0 Å². The number of hydrogen-bond donors (Lipinski definition) is 4. The van der Waals surface area contributed by atoms with Crippen molar-refractivity contribution in [1.29, 1.82) is 0 Å². The number of hydrogen-bond acceptors (Lipinski definition) is 2. The second kappa shape index (κ2) is 7.39. The van der Waals surface area contributed by atoms with Crippen molar-refractivity contribution >= 4 is 58.3 Å². The van der Waals surface area contributed by atoms with Crippen LogP contribution >= 0.6 is 49.7 Å². The Balaban J connectivity index is 0. The van der Waals surface area contributed by atoms with Crippen molar-refractivity contribution in [3.8, 4) is 0 Å². The SMILES string of the molecule is C=C(NC(=S)S)NC(=S)S.[Mn]. The molecule has 0 amide bonds. The third-order valence-corrected chi connectivity index (χ3v) is 0.943. The van der Waals surface area contributed by atoms with Gasteiger partial charge in [-0.05, 0) is 0 Å². The molecule has 0 aromatic carbocycles. The van der Waals surface area contributed by atoms with Crippen molar-refractivity contribution < 1.29 is 17.1 Å². The van der Waals surface area contributed by atoms with Gasteiger partial charge in [-0.1, -0.05) is 31.0 Å². The Morgan fingerprint density at radius 1 is 1.09 bits per heavy atom. The molecule has 11 heavy (non-hydrogen) atoms. The Morgan fingerprint density at radius 2 is 1.36 bits per heavy atom. The maximum atomic E-state index is 4.61. The summed E-state index contributed by atoms with van der Waals surface area (Å²) in [6, 6.07) is 0. The van der Waals surface area contributed by atoms with Crippen LogP contribution in [0.2, 0.25) is 0 Å². The van der Waals surface area contributed by atoms with Gasteiger partial charge in [-0.3, -0.25) is 0 Å². The summed E-state index contributed by atoms with van der Waals surface area (Å²) in [5, 5.41) is 5.26. The number of thiocarbonyl (C=S) groups is 2. The van der Waals surface area contributed by atoms with E-state index in [1.807, 2.05) is 0 Å². The first-order valence-electron chi connectivity index (χ1n) is 2.21. The van der Waals surface area contributed by atoms with Gasteiger partial charge in [0.1, 0.15) is 14.5 Å². The van der Waals surface area contributed by atoms with Gasteiger partial charge in [-0.2, -0.15) is 0 Å². The molecule has 0 saturated heterocycles. The molecule has 2 nitrogen and oxygen atoms in total. The fourth-order valence-electron chi connectivity index (χ4n) is 0.289. The molecule has 0 rings (SSSR count). The molecule has 0 aromatic rings. The molecule has 0 aliphatic carbocycles. The van der Waals surface area contributed by atoms with Crippen LogP contribution in [0.25, 0.3) is 0 Å². The molecule has 2 N–H and O–H groups in total.